The number of rotatable bonds is 4. The number of carbonyl (C=O) groups is 2. The summed E-state index contributed by atoms with van der Waals surface area (Å²) >= 11 is 0. The largest absolute Gasteiger partial charge is 0.463 e. The summed E-state index contributed by atoms with van der Waals surface area (Å²) in [6.45, 7) is 2.53. The fraction of sp³-hybridized carbons (Fsp3) is 0.294. The van der Waals surface area contributed by atoms with Gasteiger partial charge in [-0.2, -0.15) is 0 Å². The molecule has 0 saturated heterocycles. The van der Waals surface area contributed by atoms with Gasteiger partial charge in [0.25, 0.3) is 5.91 Å². The minimum absolute atomic E-state index is 0.0498. The topological polar surface area (TPSA) is 67.0 Å². The Morgan fingerprint density at radius 1 is 1.35 bits per heavy atom. The van der Waals surface area contributed by atoms with E-state index in [1.807, 2.05) is 44.3 Å². The molecule has 2 N–H and O–H groups in total. The van der Waals surface area contributed by atoms with Crippen LogP contribution in [0.4, 0.5) is 11.4 Å². The van der Waals surface area contributed by atoms with Crippen molar-refractivity contribution >= 4 is 23.2 Å². The van der Waals surface area contributed by atoms with Crippen LogP contribution in [0.3, 0.4) is 0 Å². The number of anilines is 2. The molecule has 6 heteroatoms. The van der Waals surface area contributed by atoms with Crippen molar-refractivity contribution < 1.29 is 18.9 Å². The Hall–Kier alpha value is -2.60. The maximum atomic E-state index is 12.9. The van der Waals surface area contributed by atoms with Crippen LogP contribution in [0, 0.1) is 0 Å². The highest BCUT2D eigenvalue weighted by Crippen LogP contribution is 2.29. The number of carbonyl (C=O) groups excluding carboxylic acids is 2. The minimum atomic E-state index is -0.293. The number of likely N-dealkylation sites (N-methyl/N-ethyl adjacent to an activating group) is 1. The average molecular weight is 314 g/mol. The van der Waals surface area contributed by atoms with Gasteiger partial charge in [0, 0.05) is 0 Å². The normalized spacial score (nSPS) is 16.4. The summed E-state index contributed by atoms with van der Waals surface area (Å²) in [5.74, 6) is 0.586. The van der Waals surface area contributed by atoms with E-state index in [1.165, 1.54) is 0 Å². The molecular formula is C17H20N3O3+. The Bertz CT molecular complexity index is 712. The molecule has 0 aliphatic carbocycles. The number of amides is 2. The molecule has 2 amide bonds. The molecule has 1 aliphatic rings. The summed E-state index contributed by atoms with van der Waals surface area (Å²) in [7, 11) is 1.95. The van der Waals surface area contributed by atoms with Crippen molar-refractivity contribution in [2.75, 3.05) is 23.8 Å². The van der Waals surface area contributed by atoms with E-state index in [4.69, 9.17) is 4.42 Å². The van der Waals surface area contributed by atoms with Crippen LogP contribution in [0.25, 0.3) is 0 Å². The van der Waals surface area contributed by atoms with E-state index in [1.54, 1.807) is 17.2 Å². The Labute approximate surface area is 134 Å². The molecule has 3 rings (SSSR count). The van der Waals surface area contributed by atoms with E-state index in [9.17, 15) is 9.59 Å². The van der Waals surface area contributed by atoms with E-state index in [0.29, 0.717) is 12.2 Å². The van der Waals surface area contributed by atoms with E-state index in [-0.39, 0.29) is 24.4 Å². The lowest BCUT2D eigenvalue weighted by Gasteiger charge is -2.32. The van der Waals surface area contributed by atoms with Gasteiger partial charge in [-0.25, -0.2) is 0 Å². The summed E-state index contributed by atoms with van der Waals surface area (Å²) in [6.07, 6.45) is 1.63. The first-order valence-corrected chi connectivity index (χ1v) is 7.61. The number of benzene rings is 1. The number of hydrogen-bond acceptors (Lipinski definition) is 3. The molecule has 0 fully saturated rings. The van der Waals surface area contributed by atoms with Gasteiger partial charge in [0.2, 0.25) is 5.91 Å². The van der Waals surface area contributed by atoms with Crippen LogP contribution in [0.1, 0.15) is 12.7 Å². The number of fused-ring (bicyclic) bond motifs is 1. The van der Waals surface area contributed by atoms with Gasteiger partial charge < -0.3 is 14.6 Å². The van der Waals surface area contributed by atoms with E-state index < -0.39 is 0 Å². The quantitative estimate of drug-likeness (QED) is 0.871. The average Bonchev–Trinajstić information content (AvgIpc) is 3.05. The molecule has 1 aliphatic heterocycles. The van der Waals surface area contributed by atoms with Crippen molar-refractivity contribution in [3.8, 4) is 0 Å². The lowest BCUT2D eigenvalue weighted by molar-refractivity contribution is -0.908. The highest BCUT2D eigenvalue weighted by Gasteiger charge is 2.33. The van der Waals surface area contributed by atoms with Crippen molar-refractivity contribution in [1.29, 1.82) is 0 Å². The third-order valence-electron chi connectivity index (χ3n) is 4.18. The lowest BCUT2D eigenvalue weighted by atomic mass is 10.1. The first-order chi connectivity index (χ1) is 11.1. The number of hydrogen-bond donors (Lipinski definition) is 2. The third-order valence-corrected chi connectivity index (χ3v) is 4.18. The molecule has 0 spiro atoms. The number of quaternary nitrogens is 1. The zero-order chi connectivity index (χ0) is 16.4. The molecule has 1 unspecified atom stereocenters. The fourth-order valence-electron chi connectivity index (χ4n) is 2.72. The summed E-state index contributed by atoms with van der Waals surface area (Å²) in [5.41, 5.74) is 1.42. The summed E-state index contributed by atoms with van der Waals surface area (Å²) in [6, 6.07) is 10.8. The van der Waals surface area contributed by atoms with Gasteiger partial charge in [0.05, 0.1) is 24.7 Å². The number of para-hydroxylation sites is 2. The monoisotopic (exact) mass is 314 g/mol. The lowest BCUT2D eigenvalue weighted by Crippen LogP contribution is -3.12. The Morgan fingerprint density at radius 3 is 2.87 bits per heavy atom. The summed E-state index contributed by atoms with van der Waals surface area (Å²) < 4.78 is 5.34. The summed E-state index contributed by atoms with van der Waals surface area (Å²) in [4.78, 5) is 27.3. The van der Waals surface area contributed by atoms with Crippen molar-refractivity contribution in [1.82, 2.24) is 0 Å². The van der Waals surface area contributed by atoms with Crippen LogP contribution < -0.4 is 15.1 Å². The molecular weight excluding hydrogens is 294 g/mol. The van der Waals surface area contributed by atoms with Crippen molar-refractivity contribution in [3.63, 3.8) is 0 Å². The zero-order valence-electron chi connectivity index (χ0n) is 13.2. The second kappa shape index (κ2) is 6.26. The van der Waals surface area contributed by atoms with Gasteiger partial charge in [0.1, 0.15) is 13.1 Å². The van der Waals surface area contributed by atoms with Gasteiger partial charge in [-0.3, -0.25) is 14.5 Å². The number of nitrogens with one attached hydrogen (secondary N) is 2. The molecule has 23 heavy (non-hydrogen) atoms. The molecule has 2 aromatic rings. The van der Waals surface area contributed by atoms with Crippen molar-refractivity contribution in [2.24, 2.45) is 0 Å². The third kappa shape index (κ3) is 3.12. The van der Waals surface area contributed by atoms with Crippen molar-refractivity contribution in [2.45, 2.75) is 19.5 Å². The maximum absolute atomic E-state index is 12.9. The molecule has 0 bridgehead atoms. The summed E-state index contributed by atoms with van der Waals surface area (Å²) in [5, 5.41) is 2.79. The zero-order valence-corrected chi connectivity index (χ0v) is 13.2. The second-order valence-corrected chi connectivity index (χ2v) is 5.81. The highest BCUT2D eigenvalue weighted by molar-refractivity contribution is 6.10. The van der Waals surface area contributed by atoms with Gasteiger partial charge in [-0.05, 0) is 31.2 Å². The SMILES string of the molecule is C[C@@H](C(=O)N1CC(=O)Nc2ccccc21)[NH+](C)Cc1ccco1. The van der Waals surface area contributed by atoms with Crippen LogP contribution in [-0.4, -0.2) is 31.4 Å². The van der Waals surface area contributed by atoms with Crippen LogP contribution >= 0.6 is 0 Å². The predicted molar refractivity (Wildman–Crippen MR) is 86.2 cm³/mol. The maximum Gasteiger partial charge on any atom is 0.285 e. The predicted octanol–water partition coefficient (Wildman–Crippen LogP) is 0.668. The molecule has 1 aromatic carbocycles. The van der Waals surface area contributed by atoms with Crippen LogP contribution in [0.2, 0.25) is 0 Å². The molecule has 0 saturated carbocycles. The van der Waals surface area contributed by atoms with Crippen molar-refractivity contribution in [3.05, 3.63) is 48.4 Å². The van der Waals surface area contributed by atoms with Gasteiger partial charge >= 0.3 is 0 Å². The van der Waals surface area contributed by atoms with Crippen LogP contribution in [0.5, 0.6) is 0 Å². The molecule has 2 atom stereocenters. The van der Waals surface area contributed by atoms with E-state index in [0.717, 1.165) is 16.3 Å². The highest BCUT2D eigenvalue weighted by atomic mass is 16.3. The Balaban J connectivity index is 1.78. The Kier molecular flexibility index (Phi) is 4.16. The fourth-order valence-corrected chi connectivity index (χ4v) is 2.72. The number of nitrogens with zero attached hydrogens (tertiary/aromatic N) is 1. The number of furan rings is 1. The smallest absolute Gasteiger partial charge is 0.285 e. The standard InChI is InChI=1S/C17H19N3O3/c1-12(19(2)10-13-6-5-9-23-13)17(22)20-11-16(21)18-14-7-3-4-8-15(14)20/h3-9,12H,10-11H2,1-2H3,(H,18,21)/p+1/t12-/m0/s1. The minimum Gasteiger partial charge on any atom is -0.463 e. The molecule has 6 nitrogen and oxygen atoms in total. The molecule has 0 radical (unpaired) electrons. The van der Waals surface area contributed by atoms with E-state index in [2.05, 4.69) is 5.32 Å². The molecule has 1 aromatic heterocycles. The first-order valence-electron chi connectivity index (χ1n) is 7.61. The Morgan fingerprint density at radius 2 is 2.13 bits per heavy atom. The van der Waals surface area contributed by atoms with Crippen LogP contribution in [-0.2, 0) is 16.1 Å². The second-order valence-electron chi connectivity index (χ2n) is 5.81. The molecule has 120 valence electrons. The van der Waals surface area contributed by atoms with Gasteiger partial charge in [0.15, 0.2) is 11.8 Å². The van der Waals surface area contributed by atoms with Crippen LogP contribution in [0.15, 0.2) is 47.1 Å². The van der Waals surface area contributed by atoms with E-state index >= 15 is 0 Å². The molecule has 2 heterocycles. The first kappa shape index (κ1) is 15.3. The van der Waals surface area contributed by atoms with Gasteiger partial charge in [-0.15, -0.1) is 0 Å². The van der Waals surface area contributed by atoms with Gasteiger partial charge in [-0.1, -0.05) is 12.1 Å².